The first-order chi connectivity index (χ1) is 12.4. The quantitative estimate of drug-likeness (QED) is 0.325. The van der Waals surface area contributed by atoms with Gasteiger partial charge < -0.3 is 19.5 Å². The molecule has 1 heterocycles. The molecule has 140 valence electrons. The van der Waals surface area contributed by atoms with E-state index in [4.69, 9.17) is 14.2 Å². The van der Waals surface area contributed by atoms with Crippen LogP contribution < -0.4 is 14.8 Å². The van der Waals surface area contributed by atoms with Crippen molar-refractivity contribution in [3.05, 3.63) is 33.9 Å². The maximum atomic E-state index is 11.7. The molecule has 9 nitrogen and oxygen atoms in total. The topological polar surface area (TPSA) is 117 Å². The fourth-order valence-electron chi connectivity index (χ4n) is 2.40. The van der Waals surface area contributed by atoms with E-state index < -0.39 is 23.4 Å². The summed E-state index contributed by atoms with van der Waals surface area (Å²) in [7, 11) is 0. The minimum absolute atomic E-state index is 0.00183. The number of hydrogen-bond acceptors (Lipinski definition) is 7. The number of nitro groups is 1. The Balaban J connectivity index is 1.96. The second-order valence-electron chi connectivity index (χ2n) is 5.72. The molecule has 0 bridgehead atoms. The van der Waals surface area contributed by atoms with E-state index in [1.807, 2.05) is 13.8 Å². The predicted octanol–water partition coefficient (Wildman–Crippen LogP) is 2.18. The minimum atomic E-state index is -0.782. The molecule has 1 amide bonds. The van der Waals surface area contributed by atoms with Gasteiger partial charge in [0.15, 0.2) is 18.1 Å². The summed E-state index contributed by atoms with van der Waals surface area (Å²) in [4.78, 5) is 33.9. The number of nitro benzene ring substituents is 1. The van der Waals surface area contributed by atoms with E-state index >= 15 is 0 Å². The number of carbonyl (C=O) groups is 2. The maximum Gasteiger partial charge on any atom is 0.331 e. The van der Waals surface area contributed by atoms with Crippen molar-refractivity contribution >= 4 is 23.6 Å². The van der Waals surface area contributed by atoms with E-state index in [-0.39, 0.29) is 29.8 Å². The summed E-state index contributed by atoms with van der Waals surface area (Å²) in [6.07, 6.45) is 4.01. The van der Waals surface area contributed by atoms with Crippen molar-refractivity contribution in [1.29, 1.82) is 0 Å². The highest BCUT2D eigenvalue weighted by Crippen LogP contribution is 2.38. The van der Waals surface area contributed by atoms with Gasteiger partial charge in [-0.1, -0.05) is 13.3 Å². The number of amides is 1. The first-order valence-corrected chi connectivity index (χ1v) is 8.13. The number of rotatable bonds is 8. The third-order valence-corrected chi connectivity index (χ3v) is 3.59. The van der Waals surface area contributed by atoms with Gasteiger partial charge in [-0.15, -0.1) is 0 Å². The number of carbonyl (C=O) groups excluding carboxylic acids is 2. The highest BCUT2D eigenvalue weighted by atomic mass is 16.7. The molecule has 1 aromatic rings. The summed E-state index contributed by atoms with van der Waals surface area (Å²) in [5.41, 5.74) is -0.0679. The summed E-state index contributed by atoms with van der Waals surface area (Å²) >= 11 is 0. The second kappa shape index (κ2) is 8.84. The molecule has 0 unspecified atom stereocenters. The third kappa shape index (κ3) is 5.20. The average molecular weight is 364 g/mol. The number of fused-ring (bicyclic) bond motifs is 1. The number of ether oxygens (including phenoxy) is 3. The van der Waals surface area contributed by atoms with Gasteiger partial charge in [-0.25, -0.2) is 4.79 Å². The Hall–Kier alpha value is -3.10. The van der Waals surface area contributed by atoms with Crippen LogP contribution in [0.4, 0.5) is 5.69 Å². The monoisotopic (exact) mass is 364 g/mol. The Morgan fingerprint density at radius 1 is 1.38 bits per heavy atom. The largest absolute Gasteiger partial charge is 0.454 e. The van der Waals surface area contributed by atoms with Crippen LogP contribution in [0.2, 0.25) is 0 Å². The Labute approximate surface area is 150 Å². The molecule has 0 radical (unpaired) electrons. The zero-order valence-corrected chi connectivity index (χ0v) is 14.5. The second-order valence-corrected chi connectivity index (χ2v) is 5.72. The fourth-order valence-corrected chi connectivity index (χ4v) is 2.40. The van der Waals surface area contributed by atoms with Crippen LogP contribution in [0.1, 0.15) is 32.3 Å². The number of benzene rings is 1. The molecule has 0 saturated heterocycles. The van der Waals surface area contributed by atoms with Crippen LogP contribution in [0.25, 0.3) is 6.08 Å². The summed E-state index contributed by atoms with van der Waals surface area (Å²) < 4.78 is 15.1. The van der Waals surface area contributed by atoms with E-state index in [9.17, 15) is 19.7 Å². The van der Waals surface area contributed by atoms with Crippen LogP contribution in [0.3, 0.4) is 0 Å². The zero-order chi connectivity index (χ0) is 19.1. The standard InChI is InChI=1S/C17H20N2O7/c1-3-4-11(2)18-16(20)9-24-17(21)6-5-12-7-14-15(26-10-25-14)8-13(12)19(22)23/h5-8,11H,3-4,9-10H2,1-2H3,(H,18,20)/b6-5+/t11-/m1/s1. The molecule has 26 heavy (non-hydrogen) atoms. The van der Waals surface area contributed by atoms with Gasteiger partial charge >= 0.3 is 5.97 Å². The van der Waals surface area contributed by atoms with Crippen molar-refractivity contribution in [3.8, 4) is 11.5 Å². The number of hydrogen-bond donors (Lipinski definition) is 1. The molecule has 9 heteroatoms. The molecule has 0 aromatic heterocycles. The van der Waals surface area contributed by atoms with Crippen molar-refractivity contribution in [2.45, 2.75) is 32.7 Å². The minimum Gasteiger partial charge on any atom is -0.454 e. The summed E-state index contributed by atoms with van der Waals surface area (Å²) in [6.45, 7) is 3.43. The highest BCUT2D eigenvalue weighted by Gasteiger charge is 2.22. The lowest BCUT2D eigenvalue weighted by atomic mass is 10.1. The SMILES string of the molecule is CCC[C@@H](C)NC(=O)COC(=O)/C=C/c1cc2c(cc1[N+](=O)[O-])OCO2. The van der Waals surface area contributed by atoms with Gasteiger partial charge in [0.25, 0.3) is 11.6 Å². The van der Waals surface area contributed by atoms with E-state index in [1.54, 1.807) is 0 Å². The van der Waals surface area contributed by atoms with Crippen LogP contribution in [0, 0.1) is 10.1 Å². The predicted molar refractivity (Wildman–Crippen MR) is 91.7 cm³/mol. The van der Waals surface area contributed by atoms with Crippen molar-refractivity contribution in [3.63, 3.8) is 0 Å². The average Bonchev–Trinajstić information content (AvgIpc) is 3.04. The van der Waals surface area contributed by atoms with Crippen LogP contribution >= 0.6 is 0 Å². The van der Waals surface area contributed by atoms with Crippen molar-refractivity contribution in [2.24, 2.45) is 0 Å². The Morgan fingerprint density at radius 3 is 2.73 bits per heavy atom. The summed E-state index contributed by atoms with van der Waals surface area (Å²) in [5, 5.41) is 13.8. The Kier molecular flexibility index (Phi) is 6.54. The molecule has 0 aliphatic carbocycles. The molecule has 0 spiro atoms. The molecular formula is C17H20N2O7. The number of esters is 1. The lowest BCUT2D eigenvalue weighted by Crippen LogP contribution is -2.35. The van der Waals surface area contributed by atoms with Crippen molar-refractivity contribution < 1.29 is 28.7 Å². The molecule has 0 saturated carbocycles. The van der Waals surface area contributed by atoms with Gasteiger partial charge in [-0.05, 0) is 25.5 Å². The van der Waals surface area contributed by atoms with Gasteiger partial charge in [0.2, 0.25) is 6.79 Å². The smallest absolute Gasteiger partial charge is 0.331 e. The normalized spacial score (nSPS) is 13.5. The van der Waals surface area contributed by atoms with Crippen LogP contribution in [-0.4, -0.2) is 36.2 Å². The molecule has 1 aromatic carbocycles. The molecule has 1 aliphatic rings. The highest BCUT2D eigenvalue weighted by molar-refractivity contribution is 5.90. The Morgan fingerprint density at radius 2 is 2.08 bits per heavy atom. The lowest BCUT2D eigenvalue weighted by Gasteiger charge is -2.12. The van der Waals surface area contributed by atoms with Gasteiger partial charge in [0.05, 0.1) is 16.6 Å². The lowest BCUT2D eigenvalue weighted by molar-refractivity contribution is -0.385. The molecule has 1 aliphatic heterocycles. The van der Waals surface area contributed by atoms with Crippen molar-refractivity contribution in [1.82, 2.24) is 5.32 Å². The van der Waals surface area contributed by atoms with Crippen molar-refractivity contribution in [2.75, 3.05) is 13.4 Å². The third-order valence-electron chi connectivity index (χ3n) is 3.59. The number of nitrogens with zero attached hydrogens (tertiary/aromatic N) is 1. The van der Waals surface area contributed by atoms with Gasteiger partial charge in [0.1, 0.15) is 0 Å². The van der Waals surface area contributed by atoms with E-state index in [0.29, 0.717) is 5.75 Å². The summed E-state index contributed by atoms with van der Waals surface area (Å²) in [6, 6.07) is 2.64. The van der Waals surface area contributed by atoms with E-state index in [0.717, 1.165) is 18.9 Å². The Bertz CT molecular complexity index is 730. The fraction of sp³-hybridized carbons (Fsp3) is 0.412. The van der Waals surface area contributed by atoms with E-state index in [2.05, 4.69) is 5.32 Å². The molecule has 1 N–H and O–H groups in total. The first-order valence-electron chi connectivity index (χ1n) is 8.13. The number of nitrogens with one attached hydrogen (secondary N) is 1. The van der Waals surface area contributed by atoms with Gasteiger partial charge in [-0.3, -0.25) is 14.9 Å². The molecule has 1 atom stereocenters. The zero-order valence-electron chi connectivity index (χ0n) is 14.5. The summed E-state index contributed by atoms with van der Waals surface area (Å²) in [5.74, 6) is -0.556. The first kappa shape index (κ1) is 19.2. The molecule has 2 rings (SSSR count). The molecular weight excluding hydrogens is 344 g/mol. The van der Waals surface area contributed by atoms with Crippen LogP contribution in [0.15, 0.2) is 18.2 Å². The van der Waals surface area contributed by atoms with Crippen LogP contribution in [0.5, 0.6) is 11.5 Å². The van der Waals surface area contributed by atoms with Crippen LogP contribution in [-0.2, 0) is 14.3 Å². The van der Waals surface area contributed by atoms with E-state index in [1.165, 1.54) is 18.2 Å². The van der Waals surface area contributed by atoms with Gasteiger partial charge in [-0.2, -0.15) is 0 Å². The van der Waals surface area contributed by atoms with Gasteiger partial charge in [0, 0.05) is 12.1 Å². The maximum absolute atomic E-state index is 11.7. The molecule has 0 fully saturated rings.